The number of para-hydroxylation sites is 1. The van der Waals surface area contributed by atoms with Crippen LogP contribution in [0.25, 0.3) is 0 Å². The molecule has 0 radical (unpaired) electrons. The molecule has 1 aromatic carbocycles. The van der Waals surface area contributed by atoms with Gasteiger partial charge < -0.3 is 19.6 Å². The summed E-state index contributed by atoms with van der Waals surface area (Å²) in [6.07, 6.45) is 0. The number of nitro benzene ring substituents is 1. The Morgan fingerprint density at radius 3 is 1.93 bits per heavy atom. The van der Waals surface area contributed by atoms with Crippen LogP contribution in [0.5, 0.6) is 0 Å². The van der Waals surface area contributed by atoms with E-state index in [0.717, 1.165) is 37.8 Å². The van der Waals surface area contributed by atoms with Gasteiger partial charge in [-0.3, -0.25) is 14.9 Å². The number of likely N-dealkylation sites (N-methyl/N-ethyl adjacent to an activating group) is 1. The van der Waals surface area contributed by atoms with Crippen molar-refractivity contribution in [2.75, 3.05) is 69.2 Å². The summed E-state index contributed by atoms with van der Waals surface area (Å²) in [7, 11) is 2.12. The number of nitro groups is 1. The Morgan fingerprint density at radius 1 is 0.867 bits per heavy atom. The molecule has 158 valence electrons. The van der Waals surface area contributed by atoms with Crippen LogP contribution in [0.3, 0.4) is 0 Å². The quantitative estimate of drug-likeness (QED) is 0.545. The highest BCUT2D eigenvalue weighted by Crippen LogP contribution is 2.22. The third-order valence-corrected chi connectivity index (χ3v) is 5.69. The van der Waals surface area contributed by atoms with Crippen molar-refractivity contribution < 1.29 is 9.72 Å². The van der Waals surface area contributed by atoms with Crippen molar-refractivity contribution in [3.8, 4) is 0 Å². The third kappa shape index (κ3) is 4.18. The van der Waals surface area contributed by atoms with Gasteiger partial charge in [0, 0.05) is 58.4 Å². The van der Waals surface area contributed by atoms with Crippen molar-refractivity contribution in [1.82, 2.24) is 20.0 Å². The molecule has 1 aromatic heterocycles. The molecular formula is C20H25N7O3. The fourth-order valence-electron chi connectivity index (χ4n) is 3.81. The lowest BCUT2D eigenvalue weighted by atomic mass is 10.1. The number of aromatic nitrogens is 2. The van der Waals surface area contributed by atoms with Gasteiger partial charge in [-0.05, 0) is 25.2 Å². The maximum atomic E-state index is 12.8. The van der Waals surface area contributed by atoms with Crippen LogP contribution in [0.15, 0.2) is 36.4 Å². The molecule has 10 heteroatoms. The molecule has 0 N–H and O–H groups in total. The van der Waals surface area contributed by atoms with Gasteiger partial charge in [0.2, 0.25) is 0 Å². The summed E-state index contributed by atoms with van der Waals surface area (Å²) < 4.78 is 0. The van der Waals surface area contributed by atoms with Crippen LogP contribution in [0.1, 0.15) is 10.4 Å². The highest BCUT2D eigenvalue weighted by atomic mass is 16.6. The largest absolute Gasteiger partial charge is 0.353 e. The zero-order valence-electron chi connectivity index (χ0n) is 17.0. The number of hydrogen-bond donors (Lipinski definition) is 0. The van der Waals surface area contributed by atoms with Crippen LogP contribution in [-0.2, 0) is 0 Å². The second-order valence-corrected chi connectivity index (χ2v) is 7.59. The van der Waals surface area contributed by atoms with Gasteiger partial charge in [-0.25, -0.2) is 0 Å². The van der Waals surface area contributed by atoms with E-state index in [4.69, 9.17) is 0 Å². The maximum absolute atomic E-state index is 12.8. The standard InChI is InChI=1S/C20H25N7O3/c1-23-8-10-24(11-9-23)18-6-7-19(22-21-18)25-12-14-26(15-13-25)20(28)16-4-2-3-5-17(16)27(29)30/h2-7H,8-15H2,1H3. The summed E-state index contributed by atoms with van der Waals surface area (Å²) in [4.78, 5) is 31.7. The first kappa shape index (κ1) is 20.0. The van der Waals surface area contributed by atoms with Crippen molar-refractivity contribution in [3.05, 3.63) is 52.1 Å². The van der Waals surface area contributed by atoms with Crippen LogP contribution in [0.4, 0.5) is 17.3 Å². The highest BCUT2D eigenvalue weighted by molar-refractivity contribution is 5.98. The van der Waals surface area contributed by atoms with Crippen molar-refractivity contribution in [1.29, 1.82) is 0 Å². The van der Waals surface area contributed by atoms with Crippen LogP contribution < -0.4 is 9.80 Å². The van der Waals surface area contributed by atoms with Crippen LogP contribution in [0.2, 0.25) is 0 Å². The molecule has 2 aliphatic heterocycles. The first-order valence-corrected chi connectivity index (χ1v) is 10.1. The summed E-state index contributed by atoms with van der Waals surface area (Å²) >= 11 is 0. The summed E-state index contributed by atoms with van der Waals surface area (Å²) in [6, 6.07) is 10.1. The highest BCUT2D eigenvalue weighted by Gasteiger charge is 2.27. The van der Waals surface area contributed by atoms with Gasteiger partial charge in [-0.15, -0.1) is 10.2 Å². The molecule has 10 nitrogen and oxygen atoms in total. The second kappa shape index (κ2) is 8.62. The average Bonchev–Trinajstić information content (AvgIpc) is 2.79. The minimum atomic E-state index is -0.513. The first-order valence-electron chi connectivity index (χ1n) is 10.1. The number of benzene rings is 1. The number of rotatable bonds is 4. The van der Waals surface area contributed by atoms with Gasteiger partial charge in [-0.1, -0.05) is 12.1 Å². The molecule has 2 fully saturated rings. The number of carbonyl (C=O) groups excluding carboxylic acids is 1. The first-order chi connectivity index (χ1) is 14.5. The Hall–Kier alpha value is -3.27. The van der Waals surface area contributed by atoms with Gasteiger partial charge in [0.15, 0.2) is 11.6 Å². The second-order valence-electron chi connectivity index (χ2n) is 7.59. The monoisotopic (exact) mass is 411 g/mol. The van der Waals surface area contributed by atoms with Crippen LogP contribution in [0, 0.1) is 10.1 Å². The van der Waals surface area contributed by atoms with E-state index in [1.165, 1.54) is 12.1 Å². The zero-order valence-corrected chi connectivity index (χ0v) is 17.0. The van der Waals surface area contributed by atoms with E-state index in [9.17, 15) is 14.9 Å². The lowest BCUT2D eigenvalue weighted by Crippen LogP contribution is -2.49. The molecule has 0 atom stereocenters. The topological polar surface area (TPSA) is 99.0 Å². The number of hydrogen-bond acceptors (Lipinski definition) is 8. The van der Waals surface area contributed by atoms with Gasteiger partial charge in [0.1, 0.15) is 5.56 Å². The van der Waals surface area contributed by atoms with E-state index in [2.05, 4.69) is 31.9 Å². The van der Waals surface area contributed by atoms with E-state index in [-0.39, 0.29) is 17.2 Å². The van der Waals surface area contributed by atoms with Gasteiger partial charge >= 0.3 is 0 Å². The molecule has 2 aliphatic rings. The number of nitrogens with zero attached hydrogens (tertiary/aromatic N) is 7. The molecule has 0 bridgehead atoms. The Labute approximate surface area is 174 Å². The maximum Gasteiger partial charge on any atom is 0.282 e. The average molecular weight is 411 g/mol. The zero-order chi connectivity index (χ0) is 21.1. The SMILES string of the molecule is CN1CCN(c2ccc(N3CCN(C(=O)c4ccccc4[N+](=O)[O-])CC3)nn2)CC1. The van der Waals surface area contributed by atoms with Crippen molar-refractivity contribution in [2.45, 2.75) is 0 Å². The van der Waals surface area contributed by atoms with E-state index in [0.29, 0.717) is 26.2 Å². The Balaban J connectivity index is 1.37. The lowest BCUT2D eigenvalue weighted by Gasteiger charge is -2.35. The van der Waals surface area contributed by atoms with Crippen LogP contribution >= 0.6 is 0 Å². The predicted molar refractivity (Wildman–Crippen MR) is 113 cm³/mol. The van der Waals surface area contributed by atoms with Gasteiger partial charge in [0.05, 0.1) is 4.92 Å². The van der Waals surface area contributed by atoms with Crippen LogP contribution in [-0.4, -0.2) is 90.2 Å². The van der Waals surface area contributed by atoms with E-state index in [1.807, 2.05) is 12.1 Å². The molecule has 2 aromatic rings. The Bertz CT molecular complexity index is 905. The normalized spacial score (nSPS) is 17.8. The third-order valence-electron chi connectivity index (χ3n) is 5.69. The molecule has 0 unspecified atom stereocenters. The van der Waals surface area contributed by atoms with E-state index in [1.54, 1.807) is 17.0 Å². The summed E-state index contributed by atoms with van der Waals surface area (Å²) in [6.45, 7) is 6.08. The van der Waals surface area contributed by atoms with Gasteiger partial charge in [-0.2, -0.15) is 0 Å². The summed E-state index contributed by atoms with van der Waals surface area (Å²) in [5.74, 6) is 1.36. The predicted octanol–water partition coefficient (Wildman–Crippen LogP) is 1.10. The Kier molecular flexibility index (Phi) is 5.75. The van der Waals surface area contributed by atoms with Crippen molar-refractivity contribution in [3.63, 3.8) is 0 Å². The fourth-order valence-corrected chi connectivity index (χ4v) is 3.81. The molecule has 3 heterocycles. The van der Waals surface area contributed by atoms with E-state index < -0.39 is 4.92 Å². The van der Waals surface area contributed by atoms with Gasteiger partial charge in [0.25, 0.3) is 11.6 Å². The minimum absolute atomic E-state index is 0.132. The molecule has 0 aliphatic carbocycles. The number of carbonyl (C=O) groups is 1. The molecular weight excluding hydrogens is 386 g/mol. The lowest BCUT2D eigenvalue weighted by molar-refractivity contribution is -0.385. The fraction of sp³-hybridized carbons (Fsp3) is 0.450. The van der Waals surface area contributed by atoms with Crippen molar-refractivity contribution in [2.24, 2.45) is 0 Å². The van der Waals surface area contributed by atoms with Crippen molar-refractivity contribution >= 4 is 23.2 Å². The molecule has 30 heavy (non-hydrogen) atoms. The summed E-state index contributed by atoms with van der Waals surface area (Å²) in [5.41, 5.74) is -0.0254. The minimum Gasteiger partial charge on any atom is -0.353 e. The molecule has 2 saturated heterocycles. The molecule has 4 rings (SSSR count). The Morgan fingerprint density at radius 2 is 1.40 bits per heavy atom. The molecule has 0 spiro atoms. The summed E-state index contributed by atoms with van der Waals surface area (Å²) in [5, 5.41) is 20.0. The number of piperazine rings is 2. The smallest absolute Gasteiger partial charge is 0.282 e. The molecule has 0 saturated carbocycles. The number of anilines is 2. The van der Waals surface area contributed by atoms with E-state index >= 15 is 0 Å². The molecule has 1 amide bonds. The number of amides is 1.